The monoisotopic (exact) mass is 183 g/mol. The Hall–Kier alpha value is -1.63. The molecule has 0 fully saturated rings. The molecule has 0 unspecified atom stereocenters. The van der Waals surface area contributed by atoms with E-state index in [9.17, 15) is 0 Å². The first kappa shape index (κ1) is 8.95. The van der Waals surface area contributed by atoms with Crippen LogP contribution in [0.15, 0.2) is 42.6 Å². The molecule has 0 saturated heterocycles. The van der Waals surface area contributed by atoms with E-state index < -0.39 is 0 Å². The summed E-state index contributed by atoms with van der Waals surface area (Å²) in [7, 11) is 0. The van der Waals surface area contributed by atoms with E-state index >= 15 is 0 Å². The second kappa shape index (κ2) is 4.05. The molecule has 0 aliphatic rings. The Balaban J connectivity index is 2.59. The van der Waals surface area contributed by atoms with E-state index in [1.54, 1.807) is 0 Å². The Labute approximate surface area is 84.1 Å². The maximum atomic E-state index is 4.36. The summed E-state index contributed by atoms with van der Waals surface area (Å²) in [5, 5.41) is 2.47. The predicted octanol–water partition coefficient (Wildman–Crippen LogP) is 3.66. The van der Waals surface area contributed by atoms with E-state index in [1.807, 2.05) is 18.3 Å². The first-order valence-electron chi connectivity index (χ1n) is 4.92. The predicted molar refractivity (Wildman–Crippen MR) is 61.1 cm³/mol. The van der Waals surface area contributed by atoms with Crippen LogP contribution in [0.2, 0.25) is 0 Å². The summed E-state index contributed by atoms with van der Waals surface area (Å²) in [6, 6.07) is 10.4. The van der Waals surface area contributed by atoms with Crippen molar-refractivity contribution < 1.29 is 0 Å². The van der Waals surface area contributed by atoms with Crippen LogP contribution in [0.3, 0.4) is 0 Å². The third-order valence-corrected chi connectivity index (χ3v) is 2.22. The molecular weight excluding hydrogens is 170 g/mol. The van der Waals surface area contributed by atoms with Gasteiger partial charge in [0.1, 0.15) is 0 Å². The molecule has 0 amide bonds. The number of aromatic nitrogens is 1. The van der Waals surface area contributed by atoms with Crippen molar-refractivity contribution in [3.05, 3.63) is 48.3 Å². The lowest BCUT2D eigenvalue weighted by atomic mass is 10.1. The molecule has 1 aromatic heterocycles. The van der Waals surface area contributed by atoms with Crippen molar-refractivity contribution in [1.82, 2.24) is 4.98 Å². The van der Waals surface area contributed by atoms with E-state index in [2.05, 4.69) is 42.3 Å². The van der Waals surface area contributed by atoms with Crippen molar-refractivity contribution in [2.45, 2.75) is 13.3 Å². The molecule has 0 atom stereocenters. The lowest BCUT2D eigenvalue weighted by molar-refractivity contribution is 1.23. The third kappa shape index (κ3) is 1.67. The van der Waals surface area contributed by atoms with Gasteiger partial charge >= 0.3 is 0 Å². The molecule has 0 radical (unpaired) electrons. The zero-order valence-corrected chi connectivity index (χ0v) is 8.27. The highest BCUT2D eigenvalue weighted by molar-refractivity contribution is 5.88. The van der Waals surface area contributed by atoms with Crippen LogP contribution in [0.1, 0.15) is 19.0 Å². The minimum absolute atomic E-state index is 1.05. The number of rotatable bonds is 2. The second-order valence-electron chi connectivity index (χ2n) is 3.23. The second-order valence-corrected chi connectivity index (χ2v) is 3.23. The highest BCUT2D eigenvalue weighted by Gasteiger charge is 1.96. The molecule has 0 aliphatic carbocycles. The van der Waals surface area contributed by atoms with Crippen LogP contribution < -0.4 is 0 Å². The summed E-state index contributed by atoms with van der Waals surface area (Å²) in [4.78, 5) is 4.36. The molecule has 0 spiro atoms. The van der Waals surface area contributed by atoms with E-state index in [-0.39, 0.29) is 0 Å². The normalized spacial score (nSPS) is 11.2. The molecule has 2 aromatic rings. The average Bonchev–Trinajstić information content (AvgIpc) is 2.26. The highest BCUT2D eigenvalue weighted by Crippen LogP contribution is 2.17. The zero-order chi connectivity index (χ0) is 9.80. The van der Waals surface area contributed by atoms with Crippen LogP contribution in [0.25, 0.3) is 16.8 Å². The Morgan fingerprint density at radius 2 is 2.07 bits per heavy atom. The summed E-state index contributed by atoms with van der Waals surface area (Å²) in [6.07, 6.45) is 7.12. The molecule has 0 aliphatic heterocycles. The largest absolute Gasteiger partial charge is 0.256 e. The van der Waals surface area contributed by atoms with Crippen LogP contribution in [-0.4, -0.2) is 4.98 Å². The molecule has 1 heteroatoms. The maximum absolute atomic E-state index is 4.36. The number of benzene rings is 1. The molecular formula is C13H13N. The van der Waals surface area contributed by atoms with Gasteiger partial charge in [0.2, 0.25) is 0 Å². The van der Waals surface area contributed by atoms with Crippen molar-refractivity contribution in [2.24, 2.45) is 0 Å². The SMILES string of the molecule is CC/C=C/c1nccc2ccccc12. The Morgan fingerprint density at radius 3 is 2.93 bits per heavy atom. The lowest BCUT2D eigenvalue weighted by Gasteiger charge is -1.99. The van der Waals surface area contributed by atoms with Crippen molar-refractivity contribution in [2.75, 3.05) is 0 Å². The molecule has 1 heterocycles. The summed E-state index contributed by atoms with van der Waals surface area (Å²) in [5.41, 5.74) is 1.06. The van der Waals surface area contributed by atoms with Gasteiger partial charge in [-0.15, -0.1) is 0 Å². The Bertz CT molecular complexity index is 452. The van der Waals surface area contributed by atoms with Crippen molar-refractivity contribution in [3.63, 3.8) is 0 Å². The van der Waals surface area contributed by atoms with Gasteiger partial charge in [0.25, 0.3) is 0 Å². The highest BCUT2D eigenvalue weighted by atomic mass is 14.7. The van der Waals surface area contributed by atoms with Crippen molar-refractivity contribution in [1.29, 1.82) is 0 Å². The van der Waals surface area contributed by atoms with E-state index in [4.69, 9.17) is 0 Å². The van der Waals surface area contributed by atoms with Gasteiger partial charge < -0.3 is 0 Å². The van der Waals surface area contributed by atoms with Crippen LogP contribution in [0.4, 0.5) is 0 Å². The van der Waals surface area contributed by atoms with Gasteiger partial charge in [-0.2, -0.15) is 0 Å². The molecule has 1 aromatic carbocycles. The minimum Gasteiger partial charge on any atom is -0.256 e. The van der Waals surface area contributed by atoms with Crippen molar-refractivity contribution in [3.8, 4) is 0 Å². The van der Waals surface area contributed by atoms with Gasteiger partial charge in [-0.1, -0.05) is 37.3 Å². The van der Waals surface area contributed by atoms with Gasteiger partial charge in [-0.25, -0.2) is 0 Å². The third-order valence-electron chi connectivity index (χ3n) is 2.22. The van der Waals surface area contributed by atoms with Crippen molar-refractivity contribution >= 4 is 16.8 Å². The molecule has 0 bridgehead atoms. The number of fused-ring (bicyclic) bond motifs is 1. The number of pyridine rings is 1. The number of hydrogen-bond donors (Lipinski definition) is 0. The van der Waals surface area contributed by atoms with Crippen LogP contribution >= 0.6 is 0 Å². The van der Waals surface area contributed by atoms with E-state index in [0.29, 0.717) is 0 Å². The first-order valence-corrected chi connectivity index (χ1v) is 4.92. The zero-order valence-electron chi connectivity index (χ0n) is 8.27. The number of nitrogens with zero attached hydrogens (tertiary/aromatic N) is 1. The summed E-state index contributed by atoms with van der Waals surface area (Å²) in [6.45, 7) is 2.13. The summed E-state index contributed by atoms with van der Waals surface area (Å²) < 4.78 is 0. The fourth-order valence-electron chi connectivity index (χ4n) is 1.51. The lowest BCUT2D eigenvalue weighted by Crippen LogP contribution is -1.82. The van der Waals surface area contributed by atoms with Gasteiger partial charge in [0.05, 0.1) is 5.69 Å². The van der Waals surface area contributed by atoms with Gasteiger partial charge in [-0.05, 0) is 23.9 Å². The fraction of sp³-hybridized carbons (Fsp3) is 0.154. The molecule has 14 heavy (non-hydrogen) atoms. The minimum atomic E-state index is 1.05. The Morgan fingerprint density at radius 1 is 1.21 bits per heavy atom. The first-order chi connectivity index (χ1) is 6.92. The topological polar surface area (TPSA) is 12.9 Å². The van der Waals surface area contributed by atoms with Gasteiger partial charge in [-0.3, -0.25) is 4.98 Å². The van der Waals surface area contributed by atoms with Gasteiger partial charge in [0, 0.05) is 11.6 Å². The maximum Gasteiger partial charge on any atom is 0.0704 e. The molecule has 0 saturated carbocycles. The average molecular weight is 183 g/mol. The fourth-order valence-corrected chi connectivity index (χ4v) is 1.51. The Kier molecular flexibility index (Phi) is 2.59. The van der Waals surface area contributed by atoms with Crippen LogP contribution in [0, 0.1) is 0 Å². The molecule has 2 rings (SSSR count). The molecule has 0 N–H and O–H groups in total. The number of hydrogen-bond acceptors (Lipinski definition) is 1. The number of allylic oxidation sites excluding steroid dienone is 1. The van der Waals surface area contributed by atoms with Crippen LogP contribution in [0.5, 0.6) is 0 Å². The molecule has 70 valence electrons. The van der Waals surface area contributed by atoms with E-state index in [1.165, 1.54) is 10.8 Å². The standard InChI is InChI=1S/C13H13N/c1-2-3-8-13-12-7-5-4-6-11(12)9-10-14-13/h3-10H,2H2,1H3/b8-3+. The summed E-state index contributed by atoms with van der Waals surface area (Å²) >= 11 is 0. The van der Waals surface area contributed by atoms with Gasteiger partial charge in [0.15, 0.2) is 0 Å². The van der Waals surface area contributed by atoms with E-state index in [0.717, 1.165) is 12.1 Å². The summed E-state index contributed by atoms with van der Waals surface area (Å²) in [5.74, 6) is 0. The van der Waals surface area contributed by atoms with Crippen LogP contribution in [-0.2, 0) is 0 Å². The smallest absolute Gasteiger partial charge is 0.0704 e. The quantitative estimate of drug-likeness (QED) is 0.692. The molecule has 1 nitrogen and oxygen atoms in total.